The van der Waals surface area contributed by atoms with Gasteiger partial charge in [0.15, 0.2) is 0 Å². The van der Waals surface area contributed by atoms with Crippen LogP contribution in [0, 0.1) is 23.2 Å². The zero-order valence-corrected chi connectivity index (χ0v) is 5.22. The molecule has 0 aromatic carbocycles. The van der Waals surface area contributed by atoms with Gasteiger partial charge in [-0.15, -0.1) is 0 Å². The van der Waals surface area contributed by atoms with Gasteiger partial charge >= 0.3 is 0 Å². The lowest BCUT2D eigenvalue weighted by Crippen LogP contribution is -1.87. The van der Waals surface area contributed by atoms with Gasteiger partial charge in [-0.3, -0.25) is 0 Å². The summed E-state index contributed by atoms with van der Waals surface area (Å²) in [6.07, 6.45) is 3.53. The topological polar surface area (TPSA) is 23.8 Å². The van der Waals surface area contributed by atoms with Gasteiger partial charge < -0.3 is 0 Å². The van der Waals surface area contributed by atoms with E-state index in [-0.39, 0.29) is 0 Å². The molecule has 0 N–H and O–H groups in total. The largest absolute Gasteiger partial charge is 0.198 e. The molecule has 0 aromatic rings. The van der Waals surface area contributed by atoms with Crippen molar-refractivity contribution in [1.82, 2.24) is 0 Å². The van der Waals surface area contributed by atoms with Crippen molar-refractivity contribution in [3.63, 3.8) is 0 Å². The highest BCUT2D eigenvalue weighted by Crippen LogP contribution is 2.29. The second-order valence-electron chi connectivity index (χ2n) is 2.74. The monoisotopic (exact) mass is 109 g/mol. The molecule has 1 nitrogen and oxygen atoms in total. The van der Waals surface area contributed by atoms with Crippen LogP contribution in [0.2, 0.25) is 0 Å². The van der Waals surface area contributed by atoms with Crippen molar-refractivity contribution in [3.8, 4) is 6.07 Å². The third kappa shape index (κ3) is 1.01. The summed E-state index contributed by atoms with van der Waals surface area (Å²) in [7, 11) is 0. The lowest BCUT2D eigenvalue weighted by Gasteiger charge is -1.94. The molecular formula is C7H11N. The average Bonchev–Trinajstić information content (AvgIpc) is 2.14. The lowest BCUT2D eigenvalue weighted by atomic mass is 10.1. The minimum absolute atomic E-state index is 0.380. The standard InChI is InChI=1S/C7H11N/c1-6-2-3-7(4-6)5-8/h6-7H,2-4H2,1H3/t6-,7+/m1/s1. The molecule has 0 heterocycles. The second kappa shape index (κ2) is 2.17. The van der Waals surface area contributed by atoms with Gasteiger partial charge in [0.2, 0.25) is 0 Å². The predicted molar refractivity (Wildman–Crippen MR) is 32.1 cm³/mol. The molecule has 44 valence electrons. The van der Waals surface area contributed by atoms with Crippen molar-refractivity contribution in [2.24, 2.45) is 11.8 Å². The van der Waals surface area contributed by atoms with Crippen LogP contribution in [0.15, 0.2) is 0 Å². The van der Waals surface area contributed by atoms with Crippen molar-refractivity contribution >= 4 is 0 Å². The van der Waals surface area contributed by atoms with E-state index in [0.29, 0.717) is 5.92 Å². The van der Waals surface area contributed by atoms with Crippen molar-refractivity contribution in [3.05, 3.63) is 0 Å². The Balaban J connectivity index is 2.35. The van der Waals surface area contributed by atoms with Crippen LogP contribution < -0.4 is 0 Å². The summed E-state index contributed by atoms with van der Waals surface area (Å²) in [5.41, 5.74) is 0. The van der Waals surface area contributed by atoms with Crippen LogP contribution in [0.3, 0.4) is 0 Å². The van der Waals surface area contributed by atoms with Crippen LogP contribution in [0.5, 0.6) is 0 Å². The van der Waals surface area contributed by atoms with Gasteiger partial charge in [0.05, 0.1) is 6.07 Å². The summed E-state index contributed by atoms with van der Waals surface area (Å²) in [5.74, 6) is 1.18. The molecular weight excluding hydrogens is 98.1 g/mol. The van der Waals surface area contributed by atoms with Crippen molar-refractivity contribution in [2.45, 2.75) is 26.2 Å². The van der Waals surface area contributed by atoms with E-state index in [2.05, 4.69) is 13.0 Å². The van der Waals surface area contributed by atoms with Gasteiger partial charge in [-0.1, -0.05) is 6.92 Å². The highest BCUT2D eigenvalue weighted by atomic mass is 14.3. The number of nitriles is 1. The van der Waals surface area contributed by atoms with Crippen molar-refractivity contribution < 1.29 is 0 Å². The smallest absolute Gasteiger partial charge is 0.0655 e. The molecule has 0 bridgehead atoms. The molecule has 0 aromatic heterocycles. The van der Waals surface area contributed by atoms with Crippen LogP contribution in [0.1, 0.15) is 26.2 Å². The van der Waals surface area contributed by atoms with Gasteiger partial charge in [0.1, 0.15) is 0 Å². The molecule has 1 saturated carbocycles. The normalized spacial score (nSPS) is 37.0. The molecule has 1 aliphatic rings. The quantitative estimate of drug-likeness (QED) is 0.466. The third-order valence-corrected chi connectivity index (χ3v) is 1.88. The Morgan fingerprint density at radius 3 is 2.50 bits per heavy atom. The third-order valence-electron chi connectivity index (χ3n) is 1.88. The number of hydrogen-bond donors (Lipinski definition) is 0. The molecule has 0 amide bonds. The minimum atomic E-state index is 0.380. The van der Waals surface area contributed by atoms with E-state index >= 15 is 0 Å². The van der Waals surface area contributed by atoms with E-state index in [1.807, 2.05) is 0 Å². The Kier molecular flexibility index (Phi) is 1.53. The van der Waals surface area contributed by atoms with E-state index in [4.69, 9.17) is 5.26 Å². The van der Waals surface area contributed by atoms with E-state index in [9.17, 15) is 0 Å². The maximum Gasteiger partial charge on any atom is 0.0655 e. The van der Waals surface area contributed by atoms with E-state index in [1.54, 1.807) is 0 Å². The van der Waals surface area contributed by atoms with Crippen LogP contribution in [-0.2, 0) is 0 Å². The molecule has 2 atom stereocenters. The molecule has 0 unspecified atom stereocenters. The number of hydrogen-bond acceptors (Lipinski definition) is 1. The average molecular weight is 109 g/mol. The Bertz CT molecular complexity index is 112. The first kappa shape index (κ1) is 5.62. The fourth-order valence-electron chi connectivity index (χ4n) is 1.32. The number of nitrogens with zero attached hydrogens (tertiary/aromatic N) is 1. The molecule has 1 heteroatoms. The summed E-state index contributed by atoms with van der Waals surface area (Å²) >= 11 is 0. The fraction of sp³-hybridized carbons (Fsp3) is 0.857. The molecule has 0 saturated heterocycles. The fourth-order valence-corrected chi connectivity index (χ4v) is 1.32. The van der Waals surface area contributed by atoms with Crippen molar-refractivity contribution in [1.29, 1.82) is 5.26 Å². The summed E-state index contributed by atoms with van der Waals surface area (Å²) in [5, 5.41) is 8.43. The Hall–Kier alpha value is -0.510. The summed E-state index contributed by atoms with van der Waals surface area (Å²) in [4.78, 5) is 0. The molecule has 1 rings (SSSR count). The van der Waals surface area contributed by atoms with Crippen molar-refractivity contribution in [2.75, 3.05) is 0 Å². The van der Waals surface area contributed by atoms with Crippen LogP contribution >= 0.6 is 0 Å². The zero-order valence-electron chi connectivity index (χ0n) is 5.22. The highest BCUT2D eigenvalue weighted by Gasteiger charge is 2.19. The summed E-state index contributed by atoms with van der Waals surface area (Å²) in [6.45, 7) is 2.22. The maximum absolute atomic E-state index is 8.43. The van der Waals surface area contributed by atoms with Crippen LogP contribution in [0.4, 0.5) is 0 Å². The van der Waals surface area contributed by atoms with Gasteiger partial charge in [0, 0.05) is 5.92 Å². The van der Waals surface area contributed by atoms with Gasteiger partial charge in [0.25, 0.3) is 0 Å². The highest BCUT2D eigenvalue weighted by molar-refractivity contribution is 4.88. The maximum atomic E-state index is 8.43. The summed E-state index contributed by atoms with van der Waals surface area (Å²) in [6, 6.07) is 2.29. The molecule has 1 fully saturated rings. The van der Waals surface area contributed by atoms with E-state index in [1.165, 1.54) is 6.42 Å². The zero-order chi connectivity index (χ0) is 5.98. The molecule has 1 aliphatic carbocycles. The Morgan fingerprint density at radius 2 is 2.25 bits per heavy atom. The van der Waals surface area contributed by atoms with Gasteiger partial charge in [-0.25, -0.2) is 0 Å². The lowest BCUT2D eigenvalue weighted by molar-refractivity contribution is 0.590. The first-order chi connectivity index (χ1) is 3.83. The number of rotatable bonds is 0. The molecule has 0 aliphatic heterocycles. The van der Waals surface area contributed by atoms with E-state index < -0.39 is 0 Å². The molecule has 8 heavy (non-hydrogen) atoms. The Morgan fingerprint density at radius 1 is 1.50 bits per heavy atom. The second-order valence-corrected chi connectivity index (χ2v) is 2.74. The van der Waals surface area contributed by atoms with Gasteiger partial charge in [-0.2, -0.15) is 5.26 Å². The van der Waals surface area contributed by atoms with Crippen LogP contribution in [0.25, 0.3) is 0 Å². The minimum Gasteiger partial charge on any atom is -0.198 e. The molecule has 0 spiro atoms. The summed E-state index contributed by atoms with van der Waals surface area (Å²) < 4.78 is 0. The SMILES string of the molecule is C[C@@H]1CC[C@H](C#N)C1. The van der Waals surface area contributed by atoms with Gasteiger partial charge in [-0.05, 0) is 25.2 Å². The molecule has 0 radical (unpaired) electrons. The Labute approximate surface area is 50.3 Å². The first-order valence-electron chi connectivity index (χ1n) is 3.22. The van der Waals surface area contributed by atoms with E-state index in [0.717, 1.165) is 18.8 Å². The van der Waals surface area contributed by atoms with Crippen LogP contribution in [-0.4, -0.2) is 0 Å². The first-order valence-corrected chi connectivity index (χ1v) is 3.22. The predicted octanol–water partition coefficient (Wildman–Crippen LogP) is 1.95.